The zero-order chi connectivity index (χ0) is 14.5. The number of amides is 1. The summed E-state index contributed by atoms with van der Waals surface area (Å²) < 4.78 is 5.08. The molecule has 0 unspecified atom stereocenters. The lowest BCUT2D eigenvalue weighted by Crippen LogP contribution is -2.42. The predicted molar refractivity (Wildman–Crippen MR) is 71.7 cm³/mol. The van der Waals surface area contributed by atoms with E-state index < -0.39 is 5.97 Å². The second-order valence-corrected chi connectivity index (χ2v) is 4.83. The Labute approximate surface area is 117 Å². The molecule has 6 heteroatoms. The van der Waals surface area contributed by atoms with Crippen molar-refractivity contribution < 1.29 is 19.4 Å². The maximum absolute atomic E-state index is 12.6. The molecule has 1 amide bonds. The number of ether oxygens (including phenoxy) is 1. The van der Waals surface area contributed by atoms with Crippen molar-refractivity contribution in [1.82, 2.24) is 9.88 Å². The molecule has 6 nitrogen and oxygen atoms in total. The van der Waals surface area contributed by atoms with E-state index in [-0.39, 0.29) is 24.4 Å². The first-order valence-electron chi connectivity index (χ1n) is 6.65. The summed E-state index contributed by atoms with van der Waals surface area (Å²) >= 11 is 0. The van der Waals surface area contributed by atoms with Crippen LogP contribution in [0.2, 0.25) is 0 Å². The maximum atomic E-state index is 12.6. The van der Waals surface area contributed by atoms with Crippen molar-refractivity contribution in [3.8, 4) is 5.88 Å². The predicted octanol–water partition coefficient (Wildman–Crippen LogP) is 1.56. The van der Waals surface area contributed by atoms with Crippen molar-refractivity contribution in [2.45, 2.75) is 31.7 Å². The molecule has 0 radical (unpaired) electrons. The van der Waals surface area contributed by atoms with E-state index in [0.717, 1.165) is 25.7 Å². The lowest BCUT2D eigenvalue weighted by Gasteiger charge is -2.27. The lowest BCUT2D eigenvalue weighted by molar-refractivity contribution is -0.138. The molecule has 1 saturated carbocycles. The largest absolute Gasteiger partial charge is 0.480 e. The summed E-state index contributed by atoms with van der Waals surface area (Å²) in [6.45, 7) is -0.290. The number of methoxy groups -OCH3 is 1. The molecular weight excluding hydrogens is 260 g/mol. The van der Waals surface area contributed by atoms with Crippen LogP contribution in [0.4, 0.5) is 0 Å². The normalized spacial score (nSPS) is 15.1. The van der Waals surface area contributed by atoms with Crippen LogP contribution in [0.25, 0.3) is 0 Å². The molecule has 0 atom stereocenters. The minimum Gasteiger partial charge on any atom is -0.480 e. The van der Waals surface area contributed by atoms with Gasteiger partial charge in [-0.2, -0.15) is 0 Å². The molecule has 1 aliphatic carbocycles. The van der Waals surface area contributed by atoms with Crippen LogP contribution in [0.5, 0.6) is 5.88 Å². The van der Waals surface area contributed by atoms with Crippen molar-refractivity contribution >= 4 is 11.9 Å². The quantitative estimate of drug-likeness (QED) is 0.884. The van der Waals surface area contributed by atoms with Crippen molar-refractivity contribution in [3.05, 3.63) is 23.9 Å². The highest BCUT2D eigenvalue weighted by molar-refractivity contribution is 5.98. The molecule has 2 rings (SSSR count). The standard InChI is InChI=1S/C14H18N2O4/c1-20-13-11(7-4-8-15-13)14(19)16(9-12(17)18)10-5-2-3-6-10/h4,7-8,10H,2-3,5-6,9H2,1H3,(H,17,18). The van der Waals surface area contributed by atoms with Crippen LogP contribution in [0.15, 0.2) is 18.3 Å². The Hall–Kier alpha value is -2.11. The van der Waals surface area contributed by atoms with Gasteiger partial charge in [0.05, 0.1) is 7.11 Å². The Kier molecular flexibility index (Phi) is 4.55. The monoisotopic (exact) mass is 278 g/mol. The fraction of sp³-hybridized carbons (Fsp3) is 0.500. The number of carboxylic acid groups (broad SMARTS) is 1. The van der Waals surface area contributed by atoms with Gasteiger partial charge in [0.25, 0.3) is 5.91 Å². The van der Waals surface area contributed by atoms with Gasteiger partial charge in [-0.25, -0.2) is 4.98 Å². The third kappa shape index (κ3) is 3.07. The third-order valence-electron chi connectivity index (χ3n) is 3.53. The molecule has 108 valence electrons. The molecular formula is C14H18N2O4. The van der Waals surface area contributed by atoms with Gasteiger partial charge in [0.15, 0.2) is 0 Å². The molecule has 1 fully saturated rings. The number of aliphatic carboxylic acids is 1. The van der Waals surface area contributed by atoms with Crippen molar-refractivity contribution in [1.29, 1.82) is 0 Å². The summed E-state index contributed by atoms with van der Waals surface area (Å²) in [5, 5.41) is 9.03. The summed E-state index contributed by atoms with van der Waals surface area (Å²) in [7, 11) is 1.44. The minimum atomic E-state index is -1.01. The molecule has 0 bridgehead atoms. The fourth-order valence-corrected chi connectivity index (χ4v) is 2.60. The Morgan fingerprint density at radius 3 is 2.75 bits per heavy atom. The first-order chi connectivity index (χ1) is 9.63. The Morgan fingerprint density at radius 2 is 2.15 bits per heavy atom. The van der Waals surface area contributed by atoms with Gasteiger partial charge in [-0.3, -0.25) is 9.59 Å². The van der Waals surface area contributed by atoms with Gasteiger partial charge in [0.2, 0.25) is 5.88 Å². The summed E-state index contributed by atoms with van der Waals surface area (Å²) in [5.74, 6) is -1.11. The lowest BCUT2D eigenvalue weighted by atomic mass is 10.1. The highest BCUT2D eigenvalue weighted by atomic mass is 16.5. The Morgan fingerprint density at radius 1 is 1.45 bits per heavy atom. The number of carbonyl (C=O) groups is 2. The van der Waals surface area contributed by atoms with E-state index in [9.17, 15) is 9.59 Å². The molecule has 1 aromatic rings. The van der Waals surface area contributed by atoms with Gasteiger partial charge in [-0.15, -0.1) is 0 Å². The summed E-state index contributed by atoms with van der Waals surface area (Å²) in [6, 6.07) is 3.24. The van der Waals surface area contributed by atoms with Gasteiger partial charge in [0.1, 0.15) is 12.1 Å². The number of hydrogen-bond acceptors (Lipinski definition) is 4. The number of aromatic nitrogens is 1. The van der Waals surface area contributed by atoms with Crippen LogP contribution in [-0.2, 0) is 4.79 Å². The average molecular weight is 278 g/mol. The van der Waals surface area contributed by atoms with Gasteiger partial charge >= 0.3 is 5.97 Å². The molecule has 1 aliphatic rings. The van der Waals surface area contributed by atoms with E-state index in [4.69, 9.17) is 9.84 Å². The molecule has 1 N–H and O–H groups in total. The van der Waals surface area contributed by atoms with E-state index in [1.54, 1.807) is 12.1 Å². The van der Waals surface area contributed by atoms with Gasteiger partial charge in [0, 0.05) is 12.2 Å². The van der Waals surface area contributed by atoms with E-state index in [2.05, 4.69) is 4.98 Å². The van der Waals surface area contributed by atoms with E-state index in [1.165, 1.54) is 18.2 Å². The zero-order valence-electron chi connectivity index (χ0n) is 11.4. The van der Waals surface area contributed by atoms with Crippen molar-refractivity contribution in [3.63, 3.8) is 0 Å². The van der Waals surface area contributed by atoms with Crippen LogP contribution in [0.1, 0.15) is 36.0 Å². The first-order valence-corrected chi connectivity index (χ1v) is 6.65. The highest BCUT2D eigenvalue weighted by Crippen LogP contribution is 2.26. The minimum absolute atomic E-state index is 0.0106. The highest BCUT2D eigenvalue weighted by Gasteiger charge is 2.30. The smallest absolute Gasteiger partial charge is 0.323 e. The van der Waals surface area contributed by atoms with Gasteiger partial charge in [-0.05, 0) is 25.0 Å². The van der Waals surface area contributed by atoms with Crippen LogP contribution >= 0.6 is 0 Å². The zero-order valence-corrected chi connectivity index (χ0v) is 11.4. The van der Waals surface area contributed by atoms with Crippen molar-refractivity contribution in [2.24, 2.45) is 0 Å². The SMILES string of the molecule is COc1ncccc1C(=O)N(CC(=O)O)C1CCCC1. The Bertz CT molecular complexity index is 498. The number of pyridine rings is 1. The molecule has 20 heavy (non-hydrogen) atoms. The van der Waals surface area contributed by atoms with E-state index in [1.807, 2.05) is 0 Å². The fourth-order valence-electron chi connectivity index (χ4n) is 2.60. The molecule has 0 aromatic carbocycles. The van der Waals surface area contributed by atoms with Crippen LogP contribution in [0.3, 0.4) is 0 Å². The molecule has 1 aromatic heterocycles. The number of carbonyl (C=O) groups excluding carboxylic acids is 1. The number of hydrogen-bond donors (Lipinski definition) is 1. The van der Waals surface area contributed by atoms with Crippen LogP contribution < -0.4 is 4.74 Å². The first kappa shape index (κ1) is 14.3. The topological polar surface area (TPSA) is 79.7 Å². The second kappa shape index (κ2) is 6.36. The van der Waals surface area contributed by atoms with E-state index in [0.29, 0.717) is 5.56 Å². The summed E-state index contributed by atoms with van der Waals surface area (Å²) in [4.78, 5) is 29.0. The summed E-state index contributed by atoms with van der Waals surface area (Å²) in [6.07, 6.45) is 5.28. The van der Waals surface area contributed by atoms with Gasteiger partial charge in [-0.1, -0.05) is 12.8 Å². The second-order valence-electron chi connectivity index (χ2n) is 4.83. The molecule has 0 spiro atoms. The number of rotatable bonds is 5. The van der Waals surface area contributed by atoms with Crippen LogP contribution in [0, 0.1) is 0 Å². The number of carboxylic acids is 1. The molecule has 0 aliphatic heterocycles. The maximum Gasteiger partial charge on any atom is 0.323 e. The molecule has 1 heterocycles. The van der Waals surface area contributed by atoms with Gasteiger partial charge < -0.3 is 14.7 Å². The van der Waals surface area contributed by atoms with E-state index >= 15 is 0 Å². The van der Waals surface area contributed by atoms with Crippen molar-refractivity contribution in [2.75, 3.05) is 13.7 Å². The summed E-state index contributed by atoms with van der Waals surface area (Å²) in [5.41, 5.74) is 0.308. The van der Waals surface area contributed by atoms with Crippen LogP contribution in [-0.4, -0.2) is 46.6 Å². The number of nitrogens with zero attached hydrogens (tertiary/aromatic N) is 2. The average Bonchev–Trinajstić information content (AvgIpc) is 2.97. The Balaban J connectivity index is 2.27. The third-order valence-corrected chi connectivity index (χ3v) is 3.53. The molecule has 0 saturated heterocycles.